The highest BCUT2D eigenvalue weighted by Gasteiger charge is 2.28. The fourth-order valence-corrected chi connectivity index (χ4v) is 3.08. The van der Waals surface area contributed by atoms with Gasteiger partial charge >= 0.3 is 0 Å². The first kappa shape index (κ1) is 14.3. The Morgan fingerprint density at radius 2 is 1.89 bits per heavy atom. The predicted molar refractivity (Wildman–Crippen MR) is 77.1 cm³/mol. The highest BCUT2D eigenvalue weighted by Crippen LogP contribution is 2.19. The van der Waals surface area contributed by atoms with Gasteiger partial charge in [-0.3, -0.25) is 4.90 Å². The lowest BCUT2D eigenvalue weighted by Gasteiger charge is -2.23. The number of hydrogen-bond acceptors (Lipinski definition) is 4. The van der Waals surface area contributed by atoms with E-state index in [1.165, 1.54) is 52.0 Å². The zero-order chi connectivity index (χ0) is 12.8. The zero-order valence-corrected chi connectivity index (χ0v) is 12.2. The first-order valence-electron chi connectivity index (χ1n) is 7.57. The number of nitrogens with one attached hydrogen (secondary N) is 1. The van der Waals surface area contributed by atoms with Crippen LogP contribution in [0, 0.1) is 0 Å². The van der Waals surface area contributed by atoms with Gasteiger partial charge in [-0.1, -0.05) is 0 Å². The summed E-state index contributed by atoms with van der Waals surface area (Å²) in [6, 6.07) is 0.856. The Balaban J connectivity index is 1.52. The third-order valence-electron chi connectivity index (χ3n) is 4.25. The lowest BCUT2D eigenvalue weighted by atomic mass is 10.2. The van der Waals surface area contributed by atoms with Gasteiger partial charge in [-0.05, 0) is 53.0 Å². The standard InChI is InChI=1S/C14H30N4/c1-16(2)11-6-15-7-12-17-10-5-14(13-17)18-8-3-4-9-18/h14-15H,3-13H2,1-2H3. The van der Waals surface area contributed by atoms with Gasteiger partial charge in [0.1, 0.15) is 0 Å². The van der Waals surface area contributed by atoms with Crippen LogP contribution < -0.4 is 5.32 Å². The van der Waals surface area contributed by atoms with E-state index in [1.54, 1.807) is 0 Å². The van der Waals surface area contributed by atoms with Crippen molar-refractivity contribution < 1.29 is 0 Å². The maximum Gasteiger partial charge on any atom is 0.0235 e. The third kappa shape index (κ3) is 4.50. The third-order valence-corrected chi connectivity index (χ3v) is 4.25. The molecule has 0 aromatic rings. The van der Waals surface area contributed by atoms with Crippen LogP contribution in [0.4, 0.5) is 0 Å². The Bertz CT molecular complexity index is 226. The normalized spacial score (nSPS) is 26.5. The molecule has 1 unspecified atom stereocenters. The van der Waals surface area contributed by atoms with Crippen LogP contribution in [0.15, 0.2) is 0 Å². The summed E-state index contributed by atoms with van der Waals surface area (Å²) in [5, 5.41) is 3.53. The zero-order valence-electron chi connectivity index (χ0n) is 12.2. The molecule has 0 saturated carbocycles. The van der Waals surface area contributed by atoms with Gasteiger partial charge in [-0.2, -0.15) is 0 Å². The number of nitrogens with zero attached hydrogens (tertiary/aromatic N) is 3. The number of likely N-dealkylation sites (tertiary alicyclic amines) is 2. The maximum absolute atomic E-state index is 3.53. The average Bonchev–Trinajstić information content (AvgIpc) is 2.98. The summed E-state index contributed by atoms with van der Waals surface area (Å²) in [6.45, 7) is 9.90. The molecule has 106 valence electrons. The van der Waals surface area contributed by atoms with E-state index < -0.39 is 0 Å². The minimum atomic E-state index is 0.856. The molecule has 0 amide bonds. The summed E-state index contributed by atoms with van der Waals surface area (Å²) in [7, 11) is 4.26. The topological polar surface area (TPSA) is 21.8 Å². The van der Waals surface area contributed by atoms with Crippen LogP contribution in [0.5, 0.6) is 0 Å². The summed E-state index contributed by atoms with van der Waals surface area (Å²) < 4.78 is 0. The van der Waals surface area contributed by atoms with Crippen molar-refractivity contribution in [2.75, 3.05) is 66.5 Å². The van der Waals surface area contributed by atoms with E-state index in [9.17, 15) is 0 Å². The summed E-state index contributed by atoms with van der Waals surface area (Å²) in [4.78, 5) is 7.57. The molecular weight excluding hydrogens is 224 g/mol. The van der Waals surface area contributed by atoms with Crippen molar-refractivity contribution in [3.63, 3.8) is 0 Å². The molecule has 2 fully saturated rings. The molecule has 4 nitrogen and oxygen atoms in total. The Morgan fingerprint density at radius 1 is 1.11 bits per heavy atom. The van der Waals surface area contributed by atoms with Gasteiger partial charge in [0.2, 0.25) is 0 Å². The van der Waals surface area contributed by atoms with Crippen molar-refractivity contribution in [2.45, 2.75) is 25.3 Å². The van der Waals surface area contributed by atoms with Gasteiger partial charge in [0, 0.05) is 38.8 Å². The second-order valence-electron chi connectivity index (χ2n) is 6.04. The van der Waals surface area contributed by atoms with Gasteiger partial charge in [-0.25, -0.2) is 0 Å². The Kier molecular flexibility index (Phi) is 5.89. The Labute approximate surface area is 112 Å². The summed E-state index contributed by atoms with van der Waals surface area (Å²) >= 11 is 0. The highest BCUT2D eigenvalue weighted by molar-refractivity contribution is 4.85. The van der Waals surface area contributed by atoms with E-state index in [0.717, 1.165) is 25.7 Å². The molecule has 0 aromatic carbocycles. The average molecular weight is 254 g/mol. The van der Waals surface area contributed by atoms with E-state index in [4.69, 9.17) is 0 Å². The minimum Gasteiger partial charge on any atom is -0.314 e. The molecule has 4 heteroatoms. The van der Waals surface area contributed by atoms with E-state index in [0.29, 0.717) is 0 Å². The molecular formula is C14H30N4. The smallest absolute Gasteiger partial charge is 0.0235 e. The molecule has 2 aliphatic rings. The van der Waals surface area contributed by atoms with Gasteiger partial charge in [0.05, 0.1) is 0 Å². The first-order valence-corrected chi connectivity index (χ1v) is 7.57. The lowest BCUT2D eigenvalue weighted by Crippen LogP contribution is -2.37. The van der Waals surface area contributed by atoms with Crippen molar-refractivity contribution in [2.24, 2.45) is 0 Å². The SMILES string of the molecule is CN(C)CCNCCN1CCC(N2CCCC2)C1. The molecule has 0 aromatic heterocycles. The van der Waals surface area contributed by atoms with E-state index in [1.807, 2.05) is 0 Å². The van der Waals surface area contributed by atoms with Crippen LogP contribution in [-0.2, 0) is 0 Å². The van der Waals surface area contributed by atoms with Crippen LogP contribution in [0.3, 0.4) is 0 Å². The number of hydrogen-bond donors (Lipinski definition) is 1. The van der Waals surface area contributed by atoms with Crippen LogP contribution in [0.2, 0.25) is 0 Å². The van der Waals surface area contributed by atoms with Gasteiger partial charge in [-0.15, -0.1) is 0 Å². The molecule has 1 N–H and O–H groups in total. The monoisotopic (exact) mass is 254 g/mol. The van der Waals surface area contributed by atoms with Crippen molar-refractivity contribution >= 4 is 0 Å². The summed E-state index contributed by atoms with van der Waals surface area (Å²) in [6.07, 6.45) is 4.23. The van der Waals surface area contributed by atoms with Crippen molar-refractivity contribution in [3.8, 4) is 0 Å². The Morgan fingerprint density at radius 3 is 2.61 bits per heavy atom. The Hall–Kier alpha value is -0.160. The van der Waals surface area contributed by atoms with E-state index >= 15 is 0 Å². The molecule has 1 atom stereocenters. The van der Waals surface area contributed by atoms with E-state index in [2.05, 4.69) is 34.1 Å². The van der Waals surface area contributed by atoms with Gasteiger partial charge in [0.25, 0.3) is 0 Å². The molecule has 0 spiro atoms. The molecule has 2 aliphatic heterocycles. The molecule has 2 heterocycles. The van der Waals surface area contributed by atoms with Crippen molar-refractivity contribution in [1.82, 2.24) is 20.0 Å². The van der Waals surface area contributed by atoms with E-state index in [-0.39, 0.29) is 0 Å². The highest BCUT2D eigenvalue weighted by atomic mass is 15.3. The summed E-state index contributed by atoms with van der Waals surface area (Å²) in [5.41, 5.74) is 0. The maximum atomic E-state index is 3.53. The van der Waals surface area contributed by atoms with Crippen LogP contribution in [0.25, 0.3) is 0 Å². The van der Waals surface area contributed by atoms with Crippen LogP contribution in [-0.4, -0.2) is 87.2 Å². The lowest BCUT2D eigenvalue weighted by molar-refractivity contribution is 0.232. The fraction of sp³-hybridized carbons (Fsp3) is 1.00. The fourth-order valence-electron chi connectivity index (χ4n) is 3.08. The molecule has 18 heavy (non-hydrogen) atoms. The largest absolute Gasteiger partial charge is 0.314 e. The van der Waals surface area contributed by atoms with Crippen molar-refractivity contribution in [1.29, 1.82) is 0 Å². The molecule has 2 saturated heterocycles. The molecule has 0 radical (unpaired) electrons. The number of rotatable bonds is 7. The second-order valence-corrected chi connectivity index (χ2v) is 6.04. The molecule has 0 aliphatic carbocycles. The minimum absolute atomic E-state index is 0.856. The second kappa shape index (κ2) is 7.43. The number of likely N-dealkylation sites (N-methyl/N-ethyl adjacent to an activating group) is 1. The predicted octanol–water partition coefficient (Wildman–Crippen LogP) is 0.308. The summed E-state index contributed by atoms with van der Waals surface area (Å²) in [5.74, 6) is 0. The molecule has 2 rings (SSSR count). The quantitative estimate of drug-likeness (QED) is 0.660. The van der Waals surface area contributed by atoms with Crippen LogP contribution >= 0.6 is 0 Å². The van der Waals surface area contributed by atoms with Crippen LogP contribution in [0.1, 0.15) is 19.3 Å². The van der Waals surface area contributed by atoms with Crippen molar-refractivity contribution in [3.05, 3.63) is 0 Å². The van der Waals surface area contributed by atoms with Gasteiger partial charge < -0.3 is 15.1 Å². The molecule has 0 bridgehead atoms. The first-order chi connectivity index (χ1) is 8.75. The van der Waals surface area contributed by atoms with Gasteiger partial charge in [0.15, 0.2) is 0 Å².